The quantitative estimate of drug-likeness (QED) is 0.786. The van der Waals surface area contributed by atoms with Gasteiger partial charge in [0.05, 0.1) is 5.69 Å². The average molecular weight is 199 g/mol. The number of halogens is 1. The molecule has 0 fully saturated rings. The van der Waals surface area contributed by atoms with Crippen molar-refractivity contribution >= 4 is 5.82 Å². The van der Waals surface area contributed by atoms with Gasteiger partial charge in [0.2, 0.25) is 0 Å². The van der Waals surface area contributed by atoms with Crippen LogP contribution in [0.5, 0.6) is 0 Å². The van der Waals surface area contributed by atoms with E-state index in [2.05, 4.69) is 37.9 Å². The van der Waals surface area contributed by atoms with Gasteiger partial charge in [0, 0.05) is 5.92 Å². The van der Waals surface area contributed by atoms with E-state index in [9.17, 15) is 4.39 Å². The average Bonchev–Trinajstić information content (AvgIpc) is 2.35. The van der Waals surface area contributed by atoms with Crippen LogP contribution < -0.4 is 5.73 Å². The molecule has 0 aliphatic carbocycles. The lowest BCUT2D eigenvalue weighted by atomic mass is 9.83. The molecule has 0 unspecified atom stereocenters. The van der Waals surface area contributed by atoms with Gasteiger partial charge in [-0.1, -0.05) is 27.7 Å². The van der Waals surface area contributed by atoms with Crippen LogP contribution in [0.25, 0.3) is 0 Å². The molecular formula is C10H18FN3. The first-order valence-corrected chi connectivity index (χ1v) is 4.94. The van der Waals surface area contributed by atoms with Gasteiger partial charge in [0.25, 0.3) is 0 Å². The van der Waals surface area contributed by atoms with Crippen molar-refractivity contribution in [1.82, 2.24) is 10.2 Å². The summed E-state index contributed by atoms with van der Waals surface area (Å²) in [6.45, 7) is 8.28. The normalized spacial score (nSPS) is 12.0. The number of H-pyrrole nitrogens is 1. The van der Waals surface area contributed by atoms with Crippen molar-refractivity contribution in [3.63, 3.8) is 0 Å². The van der Waals surface area contributed by atoms with E-state index in [1.807, 2.05) is 0 Å². The van der Waals surface area contributed by atoms with Crippen molar-refractivity contribution in [3.05, 3.63) is 11.5 Å². The van der Waals surface area contributed by atoms with Crippen molar-refractivity contribution in [1.29, 1.82) is 0 Å². The molecule has 0 aliphatic rings. The van der Waals surface area contributed by atoms with E-state index in [-0.39, 0.29) is 11.7 Å². The monoisotopic (exact) mass is 199 g/mol. The van der Waals surface area contributed by atoms with Crippen LogP contribution in [0.15, 0.2) is 0 Å². The van der Waals surface area contributed by atoms with Crippen molar-refractivity contribution in [2.24, 2.45) is 11.8 Å². The lowest BCUT2D eigenvalue weighted by molar-refractivity contribution is 0.367. The summed E-state index contributed by atoms with van der Waals surface area (Å²) in [5.41, 5.74) is 5.90. The van der Waals surface area contributed by atoms with E-state index >= 15 is 0 Å². The van der Waals surface area contributed by atoms with E-state index in [4.69, 9.17) is 5.73 Å². The number of nitrogens with zero attached hydrogens (tertiary/aromatic N) is 1. The fourth-order valence-corrected chi connectivity index (χ4v) is 2.01. The number of aromatic amines is 1. The van der Waals surface area contributed by atoms with Gasteiger partial charge in [-0.3, -0.25) is 5.10 Å². The third-order valence-corrected chi connectivity index (χ3v) is 2.53. The summed E-state index contributed by atoms with van der Waals surface area (Å²) in [6, 6.07) is 0. The lowest BCUT2D eigenvalue weighted by Gasteiger charge is -2.23. The van der Waals surface area contributed by atoms with Crippen LogP contribution in [-0.4, -0.2) is 10.2 Å². The number of nitrogens with one attached hydrogen (secondary N) is 1. The molecule has 0 aromatic carbocycles. The smallest absolute Gasteiger partial charge is 0.188 e. The minimum Gasteiger partial charge on any atom is -0.380 e. The Morgan fingerprint density at radius 2 is 1.71 bits per heavy atom. The van der Waals surface area contributed by atoms with Gasteiger partial charge < -0.3 is 5.73 Å². The lowest BCUT2D eigenvalue weighted by Crippen LogP contribution is -2.15. The number of aromatic nitrogens is 2. The SMILES string of the molecule is CC(C)C(c1[nH]nc(N)c1F)C(C)C. The van der Waals surface area contributed by atoms with E-state index in [1.54, 1.807) is 0 Å². The molecule has 3 nitrogen and oxygen atoms in total. The largest absolute Gasteiger partial charge is 0.380 e. The zero-order valence-corrected chi connectivity index (χ0v) is 9.13. The second kappa shape index (κ2) is 3.98. The number of hydrogen-bond acceptors (Lipinski definition) is 2. The summed E-state index contributed by atoms with van der Waals surface area (Å²) in [4.78, 5) is 0. The number of nitrogen functional groups attached to an aromatic ring is 1. The minimum absolute atomic E-state index is 0.0358. The van der Waals surface area contributed by atoms with Crippen LogP contribution in [0.1, 0.15) is 39.3 Å². The summed E-state index contributed by atoms with van der Waals surface area (Å²) in [5, 5.41) is 6.37. The Morgan fingerprint density at radius 3 is 2.00 bits per heavy atom. The van der Waals surface area contributed by atoms with Crippen LogP contribution in [0.4, 0.5) is 10.2 Å². The van der Waals surface area contributed by atoms with Crippen molar-refractivity contribution in [2.45, 2.75) is 33.6 Å². The highest BCUT2D eigenvalue weighted by Crippen LogP contribution is 2.33. The van der Waals surface area contributed by atoms with E-state index < -0.39 is 5.82 Å². The van der Waals surface area contributed by atoms with Gasteiger partial charge in [-0.05, 0) is 11.8 Å². The third kappa shape index (κ3) is 1.89. The summed E-state index contributed by atoms with van der Waals surface area (Å²) < 4.78 is 13.5. The van der Waals surface area contributed by atoms with Crippen LogP contribution >= 0.6 is 0 Å². The maximum atomic E-state index is 13.5. The number of anilines is 1. The maximum absolute atomic E-state index is 13.5. The molecule has 0 saturated carbocycles. The molecule has 1 aromatic heterocycles. The molecule has 1 heterocycles. The molecule has 0 bridgehead atoms. The van der Waals surface area contributed by atoms with E-state index in [0.717, 1.165) is 0 Å². The van der Waals surface area contributed by atoms with Gasteiger partial charge in [-0.2, -0.15) is 5.10 Å². The Hall–Kier alpha value is -1.06. The number of rotatable bonds is 3. The van der Waals surface area contributed by atoms with Crippen molar-refractivity contribution in [2.75, 3.05) is 5.73 Å². The maximum Gasteiger partial charge on any atom is 0.188 e. The Balaban J connectivity index is 3.05. The fourth-order valence-electron chi connectivity index (χ4n) is 2.01. The molecule has 1 aromatic rings. The predicted octanol–water partition coefficient (Wildman–Crippen LogP) is 2.53. The predicted molar refractivity (Wildman–Crippen MR) is 55.4 cm³/mol. The first-order valence-electron chi connectivity index (χ1n) is 4.94. The van der Waals surface area contributed by atoms with E-state index in [0.29, 0.717) is 17.5 Å². The molecular weight excluding hydrogens is 181 g/mol. The molecule has 0 saturated heterocycles. The number of nitrogens with two attached hydrogens (primary N) is 1. The fraction of sp³-hybridized carbons (Fsp3) is 0.700. The van der Waals surface area contributed by atoms with Gasteiger partial charge in [-0.25, -0.2) is 4.39 Å². The third-order valence-electron chi connectivity index (χ3n) is 2.53. The number of hydrogen-bond donors (Lipinski definition) is 2. The molecule has 14 heavy (non-hydrogen) atoms. The highest BCUT2D eigenvalue weighted by molar-refractivity contribution is 5.33. The molecule has 0 aliphatic heterocycles. The van der Waals surface area contributed by atoms with Crippen molar-refractivity contribution < 1.29 is 4.39 Å². The molecule has 4 heteroatoms. The Labute approximate surface area is 83.9 Å². The Morgan fingerprint density at radius 1 is 1.21 bits per heavy atom. The van der Waals surface area contributed by atoms with Crippen LogP contribution in [0.2, 0.25) is 0 Å². The zero-order chi connectivity index (χ0) is 10.9. The molecule has 0 amide bonds. The van der Waals surface area contributed by atoms with Gasteiger partial charge >= 0.3 is 0 Å². The molecule has 0 radical (unpaired) electrons. The molecule has 0 spiro atoms. The zero-order valence-electron chi connectivity index (χ0n) is 9.13. The molecule has 3 N–H and O–H groups in total. The molecule has 1 rings (SSSR count). The first-order chi connectivity index (χ1) is 6.45. The van der Waals surface area contributed by atoms with Gasteiger partial charge in [0.1, 0.15) is 0 Å². The molecule has 80 valence electrons. The topological polar surface area (TPSA) is 54.7 Å². The highest BCUT2D eigenvalue weighted by atomic mass is 19.1. The van der Waals surface area contributed by atoms with Crippen LogP contribution in [-0.2, 0) is 0 Å². The summed E-state index contributed by atoms with van der Waals surface area (Å²) >= 11 is 0. The van der Waals surface area contributed by atoms with E-state index in [1.165, 1.54) is 0 Å². The van der Waals surface area contributed by atoms with Crippen molar-refractivity contribution in [3.8, 4) is 0 Å². The first kappa shape index (κ1) is 11.0. The standard InChI is InChI=1S/C10H18FN3/c1-5(2)7(6(3)4)9-8(11)10(12)14-13-9/h5-7H,1-4H3,(H3,12,13,14). The second-order valence-electron chi connectivity index (χ2n) is 4.35. The van der Waals surface area contributed by atoms with Crippen LogP contribution in [0.3, 0.4) is 0 Å². The highest BCUT2D eigenvalue weighted by Gasteiger charge is 2.25. The second-order valence-corrected chi connectivity index (χ2v) is 4.35. The molecule has 0 atom stereocenters. The minimum atomic E-state index is -0.391. The van der Waals surface area contributed by atoms with Crippen LogP contribution in [0, 0.1) is 17.7 Å². The van der Waals surface area contributed by atoms with Gasteiger partial charge in [0.15, 0.2) is 11.6 Å². The van der Waals surface area contributed by atoms with Gasteiger partial charge in [-0.15, -0.1) is 0 Å². The summed E-state index contributed by atoms with van der Waals surface area (Å²) in [6.07, 6.45) is 0. The Kier molecular flexibility index (Phi) is 3.13. The Bertz CT molecular complexity index is 296. The summed E-state index contributed by atoms with van der Waals surface area (Å²) in [5.74, 6) is 0.442. The summed E-state index contributed by atoms with van der Waals surface area (Å²) in [7, 11) is 0.